The first-order chi connectivity index (χ1) is 6.72. The van der Waals surface area contributed by atoms with Gasteiger partial charge in [-0.25, -0.2) is 4.52 Å². The molecule has 0 aliphatic carbocycles. The maximum atomic E-state index is 8.71. The van der Waals surface area contributed by atoms with Crippen LogP contribution in [0.25, 0.3) is 5.52 Å². The Balaban J connectivity index is 2.67. The molecule has 3 heteroatoms. The van der Waals surface area contributed by atoms with E-state index in [0.717, 1.165) is 5.52 Å². The largest absolute Gasteiger partial charge is 0.238 e. The third-order valence-corrected chi connectivity index (χ3v) is 2.25. The Morgan fingerprint density at radius 2 is 2.21 bits per heavy atom. The molecule has 0 aliphatic rings. The third kappa shape index (κ3) is 1.25. The van der Waals surface area contributed by atoms with E-state index in [9.17, 15) is 0 Å². The van der Waals surface area contributed by atoms with Crippen LogP contribution < -0.4 is 0 Å². The standard InChI is InChI=1S/C11H11N3/c1-8(2)11-4-3-10-5-9(6-12)7-13-14(10)11/h3-5,7-8H,1-2H3. The van der Waals surface area contributed by atoms with Crippen molar-refractivity contribution < 1.29 is 0 Å². The fourth-order valence-corrected chi connectivity index (χ4v) is 1.52. The molecule has 2 aromatic heterocycles. The Morgan fingerprint density at radius 1 is 1.43 bits per heavy atom. The molecule has 0 bridgehead atoms. The second-order valence-corrected chi connectivity index (χ2v) is 3.61. The van der Waals surface area contributed by atoms with E-state index in [1.807, 2.05) is 22.7 Å². The summed E-state index contributed by atoms with van der Waals surface area (Å²) in [6.07, 6.45) is 1.60. The van der Waals surface area contributed by atoms with E-state index < -0.39 is 0 Å². The SMILES string of the molecule is CC(C)c1ccc2cc(C#N)cnn12. The van der Waals surface area contributed by atoms with Crippen molar-refractivity contribution >= 4 is 5.52 Å². The Kier molecular flexibility index (Phi) is 1.97. The van der Waals surface area contributed by atoms with E-state index in [2.05, 4.69) is 25.0 Å². The molecule has 2 rings (SSSR count). The lowest BCUT2D eigenvalue weighted by atomic mass is 10.1. The van der Waals surface area contributed by atoms with E-state index in [-0.39, 0.29) is 0 Å². The van der Waals surface area contributed by atoms with Crippen LogP contribution in [0.5, 0.6) is 0 Å². The second-order valence-electron chi connectivity index (χ2n) is 3.61. The number of nitriles is 1. The number of fused-ring (bicyclic) bond motifs is 1. The summed E-state index contributed by atoms with van der Waals surface area (Å²) in [5.41, 5.74) is 2.75. The number of nitrogens with zero attached hydrogens (tertiary/aromatic N) is 3. The Morgan fingerprint density at radius 3 is 2.86 bits per heavy atom. The maximum Gasteiger partial charge on any atom is 0.101 e. The normalized spacial score (nSPS) is 10.7. The van der Waals surface area contributed by atoms with Crippen molar-refractivity contribution in [3.63, 3.8) is 0 Å². The van der Waals surface area contributed by atoms with Crippen molar-refractivity contribution in [2.24, 2.45) is 0 Å². The minimum absolute atomic E-state index is 0.443. The van der Waals surface area contributed by atoms with Gasteiger partial charge in [0.2, 0.25) is 0 Å². The van der Waals surface area contributed by atoms with Crippen molar-refractivity contribution in [1.29, 1.82) is 5.26 Å². The van der Waals surface area contributed by atoms with Crippen LogP contribution in [-0.2, 0) is 0 Å². The summed E-state index contributed by atoms with van der Waals surface area (Å²) in [7, 11) is 0. The molecule has 0 fully saturated rings. The molecule has 0 radical (unpaired) electrons. The fourth-order valence-electron chi connectivity index (χ4n) is 1.52. The van der Waals surface area contributed by atoms with Gasteiger partial charge in [0, 0.05) is 5.69 Å². The van der Waals surface area contributed by atoms with Crippen molar-refractivity contribution in [2.75, 3.05) is 0 Å². The number of aromatic nitrogens is 2. The lowest BCUT2D eigenvalue weighted by Crippen LogP contribution is -1.98. The van der Waals surface area contributed by atoms with Crippen LogP contribution >= 0.6 is 0 Å². The molecular weight excluding hydrogens is 174 g/mol. The van der Waals surface area contributed by atoms with Gasteiger partial charge >= 0.3 is 0 Å². The highest BCUT2D eigenvalue weighted by Gasteiger charge is 2.06. The number of hydrogen-bond acceptors (Lipinski definition) is 2. The van der Waals surface area contributed by atoms with E-state index in [1.54, 1.807) is 6.20 Å². The number of rotatable bonds is 1. The molecule has 0 aliphatic heterocycles. The highest BCUT2D eigenvalue weighted by molar-refractivity contribution is 5.52. The molecule has 2 aromatic rings. The monoisotopic (exact) mass is 185 g/mol. The first-order valence-corrected chi connectivity index (χ1v) is 4.60. The van der Waals surface area contributed by atoms with Gasteiger partial charge < -0.3 is 0 Å². The van der Waals surface area contributed by atoms with Crippen LogP contribution in [0, 0.1) is 11.3 Å². The molecule has 0 aromatic carbocycles. The molecule has 0 amide bonds. The molecule has 0 saturated carbocycles. The summed E-state index contributed by atoms with van der Waals surface area (Å²) < 4.78 is 1.88. The Hall–Kier alpha value is -1.82. The Labute approximate surface area is 82.6 Å². The first kappa shape index (κ1) is 8.76. The molecule has 0 saturated heterocycles. The third-order valence-electron chi connectivity index (χ3n) is 2.25. The van der Waals surface area contributed by atoms with E-state index in [0.29, 0.717) is 11.5 Å². The molecule has 14 heavy (non-hydrogen) atoms. The fraction of sp³-hybridized carbons (Fsp3) is 0.273. The molecule has 0 unspecified atom stereocenters. The summed E-state index contributed by atoms with van der Waals surface area (Å²) in [6.45, 7) is 4.25. The van der Waals surface area contributed by atoms with Gasteiger partial charge in [-0.2, -0.15) is 10.4 Å². The van der Waals surface area contributed by atoms with E-state index >= 15 is 0 Å². The smallest absolute Gasteiger partial charge is 0.101 e. The van der Waals surface area contributed by atoms with Crippen LogP contribution in [0.1, 0.15) is 31.0 Å². The predicted octanol–water partition coefficient (Wildman–Crippen LogP) is 2.33. The van der Waals surface area contributed by atoms with Gasteiger partial charge in [-0.1, -0.05) is 13.8 Å². The topological polar surface area (TPSA) is 41.1 Å². The van der Waals surface area contributed by atoms with Gasteiger partial charge in [-0.15, -0.1) is 0 Å². The molecule has 3 nitrogen and oxygen atoms in total. The molecule has 70 valence electrons. The number of hydrogen-bond donors (Lipinski definition) is 0. The van der Waals surface area contributed by atoms with Gasteiger partial charge in [-0.05, 0) is 24.1 Å². The van der Waals surface area contributed by atoms with Gasteiger partial charge in [0.25, 0.3) is 0 Å². The zero-order valence-corrected chi connectivity index (χ0v) is 8.23. The molecule has 2 heterocycles. The van der Waals surface area contributed by atoms with Crippen LogP contribution in [-0.4, -0.2) is 9.61 Å². The lowest BCUT2D eigenvalue weighted by molar-refractivity contribution is 0.758. The first-order valence-electron chi connectivity index (χ1n) is 4.60. The second kappa shape index (κ2) is 3.15. The summed E-state index contributed by atoms with van der Waals surface area (Å²) in [4.78, 5) is 0. The van der Waals surface area contributed by atoms with Crippen molar-refractivity contribution in [3.8, 4) is 6.07 Å². The summed E-state index contributed by atoms with van der Waals surface area (Å²) >= 11 is 0. The summed E-state index contributed by atoms with van der Waals surface area (Å²) in [6, 6.07) is 7.97. The van der Waals surface area contributed by atoms with Crippen LogP contribution in [0.4, 0.5) is 0 Å². The average Bonchev–Trinajstić information content (AvgIpc) is 2.59. The highest BCUT2D eigenvalue weighted by atomic mass is 15.2. The quantitative estimate of drug-likeness (QED) is 0.684. The van der Waals surface area contributed by atoms with Crippen LogP contribution in [0.2, 0.25) is 0 Å². The van der Waals surface area contributed by atoms with E-state index in [4.69, 9.17) is 5.26 Å². The van der Waals surface area contributed by atoms with Crippen LogP contribution in [0.3, 0.4) is 0 Å². The van der Waals surface area contributed by atoms with Gasteiger partial charge in [0.1, 0.15) is 6.07 Å². The zero-order valence-electron chi connectivity index (χ0n) is 8.23. The minimum atomic E-state index is 0.443. The maximum absolute atomic E-state index is 8.71. The average molecular weight is 185 g/mol. The highest BCUT2D eigenvalue weighted by Crippen LogP contribution is 2.17. The lowest BCUT2D eigenvalue weighted by Gasteiger charge is -2.04. The molecule has 0 N–H and O–H groups in total. The molecule has 0 atom stereocenters. The van der Waals surface area contributed by atoms with Crippen molar-refractivity contribution in [1.82, 2.24) is 9.61 Å². The van der Waals surface area contributed by atoms with Gasteiger partial charge in [0.05, 0.1) is 17.3 Å². The minimum Gasteiger partial charge on any atom is -0.238 e. The molecular formula is C11H11N3. The summed E-state index contributed by atoms with van der Waals surface area (Å²) in [5, 5.41) is 12.9. The summed E-state index contributed by atoms with van der Waals surface area (Å²) in [5.74, 6) is 0.443. The van der Waals surface area contributed by atoms with Crippen molar-refractivity contribution in [3.05, 3.63) is 35.7 Å². The van der Waals surface area contributed by atoms with Crippen LogP contribution in [0.15, 0.2) is 24.4 Å². The Bertz CT molecular complexity index is 503. The predicted molar refractivity (Wildman–Crippen MR) is 54.0 cm³/mol. The van der Waals surface area contributed by atoms with Gasteiger partial charge in [0.15, 0.2) is 0 Å². The zero-order chi connectivity index (χ0) is 10.1. The van der Waals surface area contributed by atoms with E-state index in [1.165, 1.54) is 5.69 Å². The molecule has 0 spiro atoms. The van der Waals surface area contributed by atoms with Gasteiger partial charge in [-0.3, -0.25) is 0 Å². The van der Waals surface area contributed by atoms with Crippen molar-refractivity contribution in [2.45, 2.75) is 19.8 Å².